The molecular weight excluding hydrogens is 372 g/mol. The topological polar surface area (TPSA) is 48.6 Å². The van der Waals surface area contributed by atoms with E-state index >= 15 is 0 Å². The number of hydrogen-bond acceptors (Lipinski definition) is 5. The quantitative estimate of drug-likeness (QED) is 0.505. The molecular formula is C25H48N4O. The summed E-state index contributed by atoms with van der Waals surface area (Å²) in [5.74, 6) is 3.60. The van der Waals surface area contributed by atoms with E-state index in [-0.39, 0.29) is 0 Å². The number of rotatable bonds is 10. The van der Waals surface area contributed by atoms with E-state index in [0.717, 1.165) is 36.8 Å². The van der Waals surface area contributed by atoms with Gasteiger partial charge in [-0.1, -0.05) is 6.92 Å². The Bertz CT molecular complexity index is 476. The zero-order valence-corrected chi connectivity index (χ0v) is 19.7. The van der Waals surface area contributed by atoms with Crippen molar-refractivity contribution in [3.63, 3.8) is 0 Å². The highest BCUT2D eigenvalue weighted by Crippen LogP contribution is 2.33. The molecule has 174 valence electrons. The third-order valence-electron chi connectivity index (χ3n) is 8.41. The van der Waals surface area contributed by atoms with Crippen LogP contribution in [-0.2, 0) is 4.74 Å². The van der Waals surface area contributed by atoms with E-state index in [9.17, 15) is 0 Å². The first-order chi connectivity index (χ1) is 14.7. The Morgan fingerprint density at radius 2 is 1.40 bits per heavy atom. The molecule has 0 unspecified atom stereocenters. The summed E-state index contributed by atoms with van der Waals surface area (Å²) in [6.45, 7) is 8.68. The van der Waals surface area contributed by atoms with Gasteiger partial charge < -0.3 is 9.64 Å². The molecule has 4 rings (SSSR count). The molecule has 1 aliphatic heterocycles. The van der Waals surface area contributed by atoms with E-state index in [2.05, 4.69) is 27.8 Å². The summed E-state index contributed by atoms with van der Waals surface area (Å²) in [5.41, 5.74) is 0. The van der Waals surface area contributed by atoms with Crippen LogP contribution >= 0.6 is 0 Å². The van der Waals surface area contributed by atoms with Crippen molar-refractivity contribution in [2.75, 3.05) is 39.8 Å². The van der Waals surface area contributed by atoms with Crippen molar-refractivity contribution in [3.8, 4) is 0 Å². The van der Waals surface area contributed by atoms with Gasteiger partial charge in [0.1, 0.15) is 6.29 Å². The van der Waals surface area contributed by atoms with Crippen LogP contribution in [0.3, 0.4) is 0 Å². The average Bonchev–Trinajstić information content (AvgIpc) is 3.60. The Hall–Kier alpha value is -0.200. The fourth-order valence-corrected chi connectivity index (χ4v) is 6.28. The second kappa shape index (κ2) is 11.6. The Balaban J connectivity index is 1.11. The molecule has 0 spiro atoms. The first kappa shape index (κ1) is 23.0. The normalized spacial score (nSPS) is 38.1. The van der Waals surface area contributed by atoms with E-state index in [0.29, 0.717) is 18.4 Å². The van der Waals surface area contributed by atoms with Gasteiger partial charge in [-0.25, -0.2) is 0 Å². The van der Waals surface area contributed by atoms with Gasteiger partial charge in [-0.15, -0.1) is 0 Å². The largest absolute Gasteiger partial charge is 0.381 e. The van der Waals surface area contributed by atoms with Crippen molar-refractivity contribution < 1.29 is 4.74 Å². The molecule has 0 aromatic rings. The van der Waals surface area contributed by atoms with Gasteiger partial charge in [0.05, 0.1) is 6.10 Å². The van der Waals surface area contributed by atoms with Crippen LogP contribution in [0.4, 0.5) is 0 Å². The monoisotopic (exact) mass is 420 g/mol. The Morgan fingerprint density at radius 3 is 1.93 bits per heavy atom. The van der Waals surface area contributed by atoms with Crippen molar-refractivity contribution in [2.45, 2.75) is 96.0 Å². The molecule has 1 heterocycles. The maximum atomic E-state index is 5.54. The summed E-state index contributed by atoms with van der Waals surface area (Å²) in [6.07, 6.45) is 15.8. The van der Waals surface area contributed by atoms with Gasteiger partial charge in [0.25, 0.3) is 0 Å². The Morgan fingerprint density at radius 1 is 0.800 bits per heavy atom. The van der Waals surface area contributed by atoms with Crippen molar-refractivity contribution in [1.82, 2.24) is 20.9 Å². The minimum atomic E-state index is 0.310. The van der Waals surface area contributed by atoms with Crippen molar-refractivity contribution >= 4 is 0 Å². The Kier molecular flexibility index (Phi) is 8.89. The average molecular weight is 421 g/mol. The maximum Gasteiger partial charge on any atom is 0.112 e. The smallest absolute Gasteiger partial charge is 0.112 e. The second-order valence-electron chi connectivity index (χ2n) is 10.9. The fraction of sp³-hybridized carbons (Fsp3) is 1.00. The standard InChI is InChI=1S/C25H48N4O/c1-3-14-29(17-19-4-5-19)18-20-6-10-23(11-7-20)28-25-26-15-22(16-27-25)21-8-12-24(30-2)13-9-21/h19-28H,3-18H2,1-2H3. The molecule has 4 fully saturated rings. The minimum Gasteiger partial charge on any atom is -0.381 e. The van der Waals surface area contributed by atoms with E-state index in [1.807, 2.05) is 7.11 Å². The maximum absolute atomic E-state index is 5.54. The molecule has 0 aromatic heterocycles. The van der Waals surface area contributed by atoms with E-state index in [4.69, 9.17) is 4.74 Å². The predicted molar refractivity (Wildman–Crippen MR) is 124 cm³/mol. The van der Waals surface area contributed by atoms with E-state index < -0.39 is 0 Å². The number of methoxy groups -OCH3 is 1. The molecule has 1 saturated heterocycles. The summed E-state index contributed by atoms with van der Waals surface area (Å²) in [5, 5.41) is 11.4. The van der Waals surface area contributed by atoms with Crippen LogP contribution in [0.5, 0.6) is 0 Å². The highest BCUT2D eigenvalue weighted by Gasteiger charge is 2.32. The molecule has 0 aromatic carbocycles. The van der Waals surface area contributed by atoms with Gasteiger partial charge in [0.15, 0.2) is 0 Å². The van der Waals surface area contributed by atoms with Crippen LogP contribution in [0.25, 0.3) is 0 Å². The number of nitrogens with zero attached hydrogens (tertiary/aromatic N) is 1. The zero-order valence-electron chi connectivity index (χ0n) is 19.7. The lowest BCUT2D eigenvalue weighted by Gasteiger charge is -2.41. The van der Waals surface area contributed by atoms with Gasteiger partial charge in [-0.3, -0.25) is 16.0 Å². The lowest BCUT2D eigenvalue weighted by atomic mass is 9.78. The molecule has 5 heteroatoms. The summed E-state index contributed by atoms with van der Waals surface area (Å²) in [7, 11) is 1.87. The molecule has 5 nitrogen and oxygen atoms in total. The third kappa shape index (κ3) is 6.90. The first-order valence-corrected chi connectivity index (χ1v) is 13.2. The molecule has 3 saturated carbocycles. The van der Waals surface area contributed by atoms with Gasteiger partial charge in [-0.05, 0) is 101 Å². The molecule has 0 amide bonds. The lowest BCUT2D eigenvalue weighted by Crippen LogP contribution is -2.63. The first-order valence-electron chi connectivity index (χ1n) is 13.2. The van der Waals surface area contributed by atoms with Crippen LogP contribution in [0.1, 0.15) is 77.6 Å². The van der Waals surface area contributed by atoms with Gasteiger partial charge in [0, 0.05) is 39.3 Å². The van der Waals surface area contributed by atoms with Gasteiger partial charge in [0.2, 0.25) is 0 Å². The van der Waals surface area contributed by atoms with Crippen LogP contribution in [0, 0.1) is 23.7 Å². The van der Waals surface area contributed by atoms with Crippen molar-refractivity contribution in [3.05, 3.63) is 0 Å². The predicted octanol–water partition coefficient (Wildman–Crippen LogP) is 3.55. The molecule has 0 bridgehead atoms. The second-order valence-corrected chi connectivity index (χ2v) is 10.9. The molecule has 0 atom stereocenters. The van der Waals surface area contributed by atoms with Crippen molar-refractivity contribution in [2.24, 2.45) is 23.7 Å². The van der Waals surface area contributed by atoms with Crippen LogP contribution in [0.2, 0.25) is 0 Å². The highest BCUT2D eigenvalue weighted by molar-refractivity contribution is 4.87. The molecule has 3 aliphatic carbocycles. The van der Waals surface area contributed by atoms with Gasteiger partial charge in [-0.2, -0.15) is 0 Å². The SMILES string of the molecule is CCCN(CC1CC1)CC1CCC(NC2NCC(C3CCC(OC)CC3)CN2)CC1. The van der Waals surface area contributed by atoms with Crippen LogP contribution in [0.15, 0.2) is 0 Å². The number of hydrogen-bond donors (Lipinski definition) is 3. The lowest BCUT2D eigenvalue weighted by molar-refractivity contribution is 0.0413. The summed E-state index contributed by atoms with van der Waals surface area (Å²) in [6, 6.07) is 0.683. The molecule has 30 heavy (non-hydrogen) atoms. The summed E-state index contributed by atoms with van der Waals surface area (Å²) in [4.78, 5) is 2.78. The number of nitrogens with one attached hydrogen (secondary N) is 3. The number of ether oxygens (including phenoxy) is 1. The molecule has 3 N–H and O–H groups in total. The van der Waals surface area contributed by atoms with E-state index in [1.165, 1.54) is 90.3 Å². The Labute approximate surface area is 185 Å². The molecule has 4 aliphatic rings. The third-order valence-corrected chi connectivity index (χ3v) is 8.41. The van der Waals surface area contributed by atoms with Crippen LogP contribution < -0.4 is 16.0 Å². The van der Waals surface area contributed by atoms with E-state index in [1.54, 1.807) is 0 Å². The van der Waals surface area contributed by atoms with Gasteiger partial charge >= 0.3 is 0 Å². The highest BCUT2D eigenvalue weighted by atomic mass is 16.5. The zero-order chi connectivity index (χ0) is 20.8. The van der Waals surface area contributed by atoms with Crippen LogP contribution in [-0.4, -0.2) is 63.2 Å². The molecule has 0 radical (unpaired) electrons. The summed E-state index contributed by atoms with van der Waals surface area (Å²) >= 11 is 0. The van der Waals surface area contributed by atoms with Crippen molar-refractivity contribution in [1.29, 1.82) is 0 Å². The summed E-state index contributed by atoms with van der Waals surface area (Å²) < 4.78 is 5.54. The fourth-order valence-electron chi connectivity index (χ4n) is 6.28. The minimum absolute atomic E-state index is 0.310.